The molecule has 1 heterocycles. The first-order valence-corrected chi connectivity index (χ1v) is 6.90. The van der Waals surface area contributed by atoms with E-state index in [4.69, 9.17) is 0 Å². The third-order valence-electron chi connectivity index (χ3n) is 2.18. The number of thiophene rings is 1. The van der Waals surface area contributed by atoms with Crippen LogP contribution < -0.4 is 10.6 Å². The maximum atomic E-state index is 11.5. The Kier molecular flexibility index (Phi) is 5.34. The van der Waals surface area contributed by atoms with Crippen molar-refractivity contribution >= 4 is 23.2 Å². The van der Waals surface area contributed by atoms with E-state index < -0.39 is 0 Å². The smallest absolute Gasteiger partial charge is 0.239 e. The molecule has 0 aromatic carbocycles. The SMILES string of the molecule is CC(C)(C)NC(=O)CNC(=O)CCc1ccsc1. The van der Waals surface area contributed by atoms with Gasteiger partial charge in [-0.25, -0.2) is 0 Å². The van der Waals surface area contributed by atoms with Gasteiger partial charge < -0.3 is 10.6 Å². The van der Waals surface area contributed by atoms with Gasteiger partial charge >= 0.3 is 0 Å². The predicted molar refractivity (Wildman–Crippen MR) is 73.5 cm³/mol. The molecule has 0 aliphatic heterocycles. The lowest BCUT2D eigenvalue weighted by Crippen LogP contribution is -2.45. The molecule has 100 valence electrons. The van der Waals surface area contributed by atoms with Crippen LogP contribution in [0.4, 0.5) is 0 Å². The molecular formula is C13H20N2O2S. The van der Waals surface area contributed by atoms with E-state index in [0.717, 1.165) is 12.0 Å². The molecule has 0 aliphatic rings. The number of carbonyl (C=O) groups excluding carboxylic acids is 2. The number of hydrogen-bond donors (Lipinski definition) is 2. The van der Waals surface area contributed by atoms with Gasteiger partial charge in [-0.05, 0) is 49.6 Å². The molecule has 0 aliphatic carbocycles. The van der Waals surface area contributed by atoms with Crippen molar-refractivity contribution in [1.29, 1.82) is 0 Å². The molecule has 0 atom stereocenters. The fraction of sp³-hybridized carbons (Fsp3) is 0.538. The van der Waals surface area contributed by atoms with Gasteiger partial charge in [-0.3, -0.25) is 9.59 Å². The highest BCUT2D eigenvalue weighted by molar-refractivity contribution is 7.07. The van der Waals surface area contributed by atoms with Crippen molar-refractivity contribution in [2.24, 2.45) is 0 Å². The lowest BCUT2D eigenvalue weighted by molar-refractivity contribution is -0.126. The number of hydrogen-bond acceptors (Lipinski definition) is 3. The van der Waals surface area contributed by atoms with E-state index in [2.05, 4.69) is 10.6 Å². The average Bonchev–Trinajstić information content (AvgIpc) is 2.74. The minimum atomic E-state index is -0.265. The first kappa shape index (κ1) is 14.7. The van der Waals surface area contributed by atoms with Gasteiger partial charge in [0.1, 0.15) is 0 Å². The topological polar surface area (TPSA) is 58.2 Å². The Labute approximate surface area is 112 Å². The summed E-state index contributed by atoms with van der Waals surface area (Å²) in [7, 11) is 0. The number of carbonyl (C=O) groups is 2. The van der Waals surface area contributed by atoms with Gasteiger partial charge in [-0.1, -0.05) is 0 Å². The minimum Gasteiger partial charge on any atom is -0.350 e. The molecule has 0 saturated carbocycles. The molecule has 0 spiro atoms. The third kappa shape index (κ3) is 6.39. The molecule has 2 amide bonds. The summed E-state index contributed by atoms with van der Waals surface area (Å²) in [6.07, 6.45) is 1.13. The summed E-state index contributed by atoms with van der Waals surface area (Å²) < 4.78 is 0. The Bertz CT molecular complexity index is 394. The van der Waals surface area contributed by atoms with Crippen molar-refractivity contribution in [3.8, 4) is 0 Å². The highest BCUT2D eigenvalue weighted by Gasteiger charge is 2.14. The first-order chi connectivity index (χ1) is 8.37. The van der Waals surface area contributed by atoms with Gasteiger partial charge in [0, 0.05) is 12.0 Å². The van der Waals surface area contributed by atoms with Crippen molar-refractivity contribution < 1.29 is 9.59 Å². The average molecular weight is 268 g/mol. The van der Waals surface area contributed by atoms with Crippen LogP contribution in [0.15, 0.2) is 16.8 Å². The van der Waals surface area contributed by atoms with E-state index >= 15 is 0 Å². The van der Waals surface area contributed by atoms with Crippen molar-refractivity contribution in [3.63, 3.8) is 0 Å². The third-order valence-corrected chi connectivity index (χ3v) is 2.91. The number of nitrogens with one attached hydrogen (secondary N) is 2. The number of amides is 2. The van der Waals surface area contributed by atoms with E-state index in [9.17, 15) is 9.59 Å². The summed E-state index contributed by atoms with van der Waals surface area (Å²) >= 11 is 1.62. The summed E-state index contributed by atoms with van der Waals surface area (Å²) in [5.41, 5.74) is 0.896. The Morgan fingerprint density at radius 3 is 2.56 bits per heavy atom. The number of aryl methyl sites for hydroxylation is 1. The van der Waals surface area contributed by atoms with E-state index in [0.29, 0.717) is 6.42 Å². The second-order valence-electron chi connectivity index (χ2n) is 5.21. The van der Waals surface area contributed by atoms with Crippen molar-refractivity contribution in [2.75, 3.05) is 6.54 Å². The Hall–Kier alpha value is -1.36. The minimum absolute atomic E-state index is 0.0414. The fourth-order valence-corrected chi connectivity index (χ4v) is 2.13. The monoisotopic (exact) mass is 268 g/mol. The van der Waals surface area contributed by atoms with Crippen molar-refractivity contribution in [1.82, 2.24) is 10.6 Å². The highest BCUT2D eigenvalue weighted by atomic mass is 32.1. The lowest BCUT2D eigenvalue weighted by atomic mass is 10.1. The van der Waals surface area contributed by atoms with Crippen molar-refractivity contribution in [2.45, 2.75) is 39.2 Å². The predicted octanol–water partition coefficient (Wildman–Crippen LogP) is 1.71. The molecule has 1 aromatic heterocycles. The maximum absolute atomic E-state index is 11.5. The molecule has 0 radical (unpaired) electrons. The van der Waals surface area contributed by atoms with Crippen LogP contribution in [0.25, 0.3) is 0 Å². The van der Waals surface area contributed by atoms with Gasteiger partial charge in [-0.2, -0.15) is 11.3 Å². The molecule has 1 aromatic rings. The Morgan fingerprint density at radius 2 is 2.00 bits per heavy atom. The van der Waals surface area contributed by atoms with Crippen LogP contribution in [0.2, 0.25) is 0 Å². The second kappa shape index (κ2) is 6.54. The maximum Gasteiger partial charge on any atom is 0.239 e. The first-order valence-electron chi connectivity index (χ1n) is 5.95. The second-order valence-corrected chi connectivity index (χ2v) is 5.99. The van der Waals surface area contributed by atoms with E-state index in [1.165, 1.54) is 0 Å². The molecule has 0 unspecified atom stereocenters. The van der Waals surface area contributed by atoms with Gasteiger partial charge in [0.25, 0.3) is 0 Å². The zero-order valence-corrected chi connectivity index (χ0v) is 11.9. The lowest BCUT2D eigenvalue weighted by Gasteiger charge is -2.20. The summed E-state index contributed by atoms with van der Waals surface area (Å²) in [6, 6.07) is 2.00. The van der Waals surface area contributed by atoms with Crippen LogP contribution >= 0.6 is 11.3 Å². The normalized spacial score (nSPS) is 11.1. The van der Waals surface area contributed by atoms with Gasteiger partial charge in [0.2, 0.25) is 11.8 Å². The molecular weight excluding hydrogens is 248 g/mol. The van der Waals surface area contributed by atoms with E-state index in [1.807, 2.05) is 37.6 Å². The van der Waals surface area contributed by atoms with Gasteiger partial charge in [0.05, 0.1) is 6.54 Å². The summed E-state index contributed by atoms with van der Waals surface area (Å²) in [4.78, 5) is 23.0. The van der Waals surface area contributed by atoms with Crippen LogP contribution in [0, 0.1) is 0 Å². The van der Waals surface area contributed by atoms with Crippen LogP contribution in [0.1, 0.15) is 32.8 Å². The zero-order chi connectivity index (χ0) is 13.6. The molecule has 0 bridgehead atoms. The zero-order valence-electron chi connectivity index (χ0n) is 11.1. The standard InChI is InChI=1S/C13H20N2O2S/c1-13(2,3)15-12(17)8-14-11(16)5-4-10-6-7-18-9-10/h6-7,9H,4-5,8H2,1-3H3,(H,14,16)(H,15,17). The van der Waals surface area contributed by atoms with Gasteiger partial charge in [0.15, 0.2) is 0 Å². The molecule has 18 heavy (non-hydrogen) atoms. The van der Waals surface area contributed by atoms with Crippen LogP contribution in [0.3, 0.4) is 0 Å². The Morgan fingerprint density at radius 1 is 1.28 bits per heavy atom. The van der Waals surface area contributed by atoms with E-state index in [-0.39, 0.29) is 23.9 Å². The largest absolute Gasteiger partial charge is 0.350 e. The van der Waals surface area contributed by atoms with E-state index in [1.54, 1.807) is 11.3 Å². The number of rotatable bonds is 5. The summed E-state index contributed by atoms with van der Waals surface area (Å²) in [5, 5.41) is 9.43. The highest BCUT2D eigenvalue weighted by Crippen LogP contribution is 2.08. The van der Waals surface area contributed by atoms with Crippen LogP contribution in [-0.2, 0) is 16.0 Å². The molecule has 2 N–H and O–H groups in total. The Balaban J connectivity index is 2.19. The van der Waals surface area contributed by atoms with Crippen molar-refractivity contribution in [3.05, 3.63) is 22.4 Å². The quantitative estimate of drug-likeness (QED) is 0.854. The summed E-state index contributed by atoms with van der Waals surface area (Å²) in [6.45, 7) is 5.76. The van der Waals surface area contributed by atoms with Crippen LogP contribution in [0.5, 0.6) is 0 Å². The van der Waals surface area contributed by atoms with Gasteiger partial charge in [-0.15, -0.1) is 0 Å². The molecule has 4 nitrogen and oxygen atoms in total. The molecule has 0 saturated heterocycles. The van der Waals surface area contributed by atoms with Crippen LogP contribution in [-0.4, -0.2) is 23.9 Å². The molecule has 0 fully saturated rings. The summed E-state index contributed by atoms with van der Waals surface area (Å²) in [5.74, 6) is -0.253. The molecule has 5 heteroatoms. The molecule has 1 rings (SSSR count). The fourth-order valence-electron chi connectivity index (χ4n) is 1.42.